The first-order chi connectivity index (χ1) is 8.47. The molecule has 1 rings (SSSR count). The van der Waals surface area contributed by atoms with Gasteiger partial charge in [-0.1, -0.05) is 26.1 Å². The first-order valence-corrected chi connectivity index (χ1v) is 7.28. The van der Waals surface area contributed by atoms with E-state index < -0.39 is 0 Å². The summed E-state index contributed by atoms with van der Waals surface area (Å²) in [5.74, 6) is 0.617. The molecule has 0 saturated carbocycles. The Bertz CT molecular complexity index is 378. The molecule has 0 aliphatic carbocycles. The number of rotatable bonds is 7. The van der Waals surface area contributed by atoms with Gasteiger partial charge < -0.3 is 5.73 Å². The van der Waals surface area contributed by atoms with Crippen LogP contribution in [0, 0.1) is 5.92 Å². The summed E-state index contributed by atoms with van der Waals surface area (Å²) >= 11 is 8.33. The van der Waals surface area contributed by atoms with Gasteiger partial charge in [0.1, 0.15) is 0 Å². The van der Waals surface area contributed by atoms with E-state index in [1.54, 1.807) is 0 Å². The zero-order chi connectivity index (χ0) is 13.5. The maximum Gasteiger partial charge on any atom is 0.0740 e. The van der Waals surface area contributed by atoms with Crippen LogP contribution in [0.25, 0.3) is 0 Å². The van der Waals surface area contributed by atoms with Gasteiger partial charge in [0.05, 0.1) is 10.7 Å². The van der Waals surface area contributed by atoms with Gasteiger partial charge in [-0.3, -0.25) is 9.88 Å². The van der Waals surface area contributed by atoms with Crippen LogP contribution < -0.4 is 5.73 Å². The van der Waals surface area contributed by atoms with Gasteiger partial charge in [-0.2, -0.15) is 0 Å². The van der Waals surface area contributed by atoms with E-state index in [9.17, 15) is 0 Å². The quantitative estimate of drug-likeness (QED) is 0.781. The second-order valence-corrected chi connectivity index (χ2v) is 6.25. The fourth-order valence-corrected chi connectivity index (χ4v) is 2.07. The summed E-state index contributed by atoms with van der Waals surface area (Å²) < 4.78 is 1.00. The summed E-state index contributed by atoms with van der Waals surface area (Å²) in [5, 5.41) is 0. The molecule has 0 fully saturated rings. The largest absolute Gasteiger partial charge is 0.393 e. The summed E-state index contributed by atoms with van der Waals surface area (Å²) in [4.78, 5) is 7.32. The lowest BCUT2D eigenvalue weighted by Crippen LogP contribution is -2.31. The Hall–Kier alpha value is -0.520. The molecule has 0 radical (unpaired) electrons. The van der Waals surface area contributed by atoms with Gasteiger partial charge in [-0.25, -0.2) is 0 Å². The smallest absolute Gasteiger partial charge is 0.0740 e. The van der Waals surface area contributed by atoms with E-state index in [1.165, 1.54) is 0 Å². The molecule has 1 aromatic heterocycles. The van der Waals surface area contributed by atoms with E-state index in [2.05, 4.69) is 39.7 Å². The molecule has 0 atom stereocenters. The van der Waals surface area contributed by atoms with Crippen LogP contribution in [0.1, 0.15) is 26.0 Å². The predicted octanol–water partition coefficient (Wildman–Crippen LogP) is 2.98. The van der Waals surface area contributed by atoms with Crippen molar-refractivity contribution in [1.29, 1.82) is 0 Å². The zero-order valence-corrected chi connectivity index (χ0v) is 13.3. The standard InChI is InChI=1S/C13H20BrN3S/c1-10(2)8-17(6-5-13(15)18)9-12-4-3-11(14)7-16-12/h3-4,7,10H,5-6,8-9H2,1-2H3,(H2,15,18). The monoisotopic (exact) mass is 329 g/mol. The molecule has 3 nitrogen and oxygen atoms in total. The number of hydrogen-bond donors (Lipinski definition) is 1. The average molecular weight is 330 g/mol. The van der Waals surface area contributed by atoms with Gasteiger partial charge in [0.2, 0.25) is 0 Å². The number of hydrogen-bond acceptors (Lipinski definition) is 3. The number of nitrogens with two attached hydrogens (primary N) is 1. The van der Waals surface area contributed by atoms with Gasteiger partial charge in [-0.05, 0) is 34.0 Å². The highest BCUT2D eigenvalue weighted by atomic mass is 79.9. The minimum Gasteiger partial charge on any atom is -0.393 e. The van der Waals surface area contributed by atoms with Crippen molar-refractivity contribution < 1.29 is 0 Å². The number of aromatic nitrogens is 1. The summed E-state index contributed by atoms with van der Waals surface area (Å²) in [6.07, 6.45) is 2.59. The Balaban J connectivity index is 2.59. The van der Waals surface area contributed by atoms with Crippen LogP contribution in [0.15, 0.2) is 22.8 Å². The van der Waals surface area contributed by atoms with E-state index in [0.29, 0.717) is 10.9 Å². The Kier molecular flexibility index (Phi) is 6.75. The van der Waals surface area contributed by atoms with Crippen LogP contribution in [-0.4, -0.2) is 28.0 Å². The first kappa shape index (κ1) is 15.5. The molecule has 1 aromatic rings. The van der Waals surface area contributed by atoms with Crippen LogP contribution >= 0.6 is 28.1 Å². The van der Waals surface area contributed by atoms with E-state index in [-0.39, 0.29) is 0 Å². The van der Waals surface area contributed by atoms with Crippen molar-refractivity contribution in [2.24, 2.45) is 11.7 Å². The van der Waals surface area contributed by atoms with Crippen molar-refractivity contribution in [2.75, 3.05) is 13.1 Å². The highest BCUT2D eigenvalue weighted by Gasteiger charge is 2.09. The highest BCUT2D eigenvalue weighted by molar-refractivity contribution is 9.10. The third-order valence-electron chi connectivity index (χ3n) is 2.47. The van der Waals surface area contributed by atoms with Crippen molar-refractivity contribution >= 4 is 33.1 Å². The molecule has 0 saturated heterocycles. The normalized spacial score (nSPS) is 11.2. The summed E-state index contributed by atoms with van der Waals surface area (Å²) in [7, 11) is 0. The summed E-state index contributed by atoms with van der Waals surface area (Å²) in [5.41, 5.74) is 6.64. The van der Waals surface area contributed by atoms with E-state index in [4.69, 9.17) is 18.0 Å². The minimum absolute atomic E-state index is 0.576. The van der Waals surface area contributed by atoms with Gasteiger partial charge in [-0.15, -0.1) is 0 Å². The van der Waals surface area contributed by atoms with Crippen LogP contribution in [-0.2, 0) is 6.54 Å². The Morgan fingerprint density at radius 3 is 2.72 bits per heavy atom. The molecule has 2 N–H and O–H groups in total. The van der Waals surface area contributed by atoms with E-state index in [0.717, 1.165) is 36.2 Å². The lowest BCUT2D eigenvalue weighted by molar-refractivity contribution is 0.240. The number of nitrogens with zero attached hydrogens (tertiary/aromatic N) is 2. The molecular formula is C13H20BrN3S. The highest BCUT2D eigenvalue weighted by Crippen LogP contribution is 2.10. The number of thiocarbonyl (C=S) groups is 1. The van der Waals surface area contributed by atoms with Crippen LogP contribution in [0.4, 0.5) is 0 Å². The van der Waals surface area contributed by atoms with Crippen molar-refractivity contribution in [1.82, 2.24) is 9.88 Å². The minimum atomic E-state index is 0.576. The van der Waals surface area contributed by atoms with Gasteiger partial charge in [0.25, 0.3) is 0 Å². The topological polar surface area (TPSA) is 42.1 Å². The lowest BCUT2D eigenvalue weighted by atomic mass is 10.2. The molecule has 0 amide bonds. The first-order valence-electron chi connectivity index (χ1n) is 6.08. The van der Waals surface area contributed by atoms with Crippen LogP contribution in [0.2, 0.25) is 0 Å². The lowest BCUT2D eigenvalue weighted by Gasteiger charge is -2.23. The van der Waals surface area contributed by atoms with Gasteiger partial charge in [0, 0.05) is 36.7 Å². The molecule has 0 bridgehead atoms. The molecule has 0 aliphatic rings. The third-order valence-corrected chi connectivity index (χ3v) is 3.15. The van der Waals surface area contributed by atoms with Gasteiger partial charge in [0.15, 0.2) is 0 Å². The molecule has 5 heteroatoms. The molecule has 100 valence electrons. The van der Waals surface area contributed by atoms with Gasteiger partial charge >= 0.3 is 0 Å². The fraction of sp³-hybridized carbons (Fsp3) is 0.538. The average Bonchev–Trinajstić information content (AvgIpc) is 2.28. The van der Waals surface area contributed by atoms with Crippen molar-refractivity contribution in [3.05, 3.63) is 28.5 Å². The second-order valence-electron chi connectivity index (χ2n) is 4.81. The van der Waals surface area contributed by atoms with Crippen LogP contribution in [0.3, 0.4) is 0 Å². The van der Waals surface area contributed by atoms with Crippen LogP contribution in [0.5, 0.6) is 0 Å². The molecule has 0 aromatic carbocycles. The summed E-state index contributed by atoms with van der Waals surface area (Å²) in [6.45, 7) is 7.19. The molecule has 0 unspecified atom stereocenters. The molecule has 1 heterocycles. The zero-order valence-electron chi connectivity index (χ0n) is 10.9. The summed E-state index contributed by atoms with van der Waals surface area (Å²) in [6, 6.07) is 4.06. The Morgan fingerprint density at radius 2 is 2.22 bits per heavy atom. The van der Waals surface area contributed by atoms with Crippen molar-refractivity contribution in [3.8, 4) is 0 Å². The predicted molar refractivity (Wildman–Crippen MR) is 83.5 cm³/mol. The second kappa shape index (κ2) is 7.81. The maximum atomic E-state index is 5.57. The number of pyridine rings is 1. The Labute approximate surface area is 123 Å². The molecular weight excluding hydrogens is 310 g/mol. The Morgan fingerprint density at radius 1 is 1.50 bits per heavy atom. The molecule has 18 heavy (non-hydrogen) atoms. The molecule has 0 aliphatic heterocycles. The number of halogens is 1. The fourth-order valence-electron chi connectivity index (χ4n) is 1.75. The van der Waals surface area contributed by atoms with E-state index in [1.807, 2.05) is 18.3 Å². The van der Waals surface area contributed by atoms with E-state index >= 15 is 0 Å². The molecule has 0 spiro atoms. The third kappa shape index (κ3) is 6.42. The SMILES string of the molecule is CC(C)CN(CCC(N)=S)Cc1ccc(Br)cn1. The van der Waals surface area contributed by atoms with Crippen molar-refractivity contribution in [2.45, 2.75) is 26.8 Å². The maximum absolute atomic E-state index is 5.57. The van der Waals surface area contributed by atoms with Crippen molar-refractivity contribution in [3.63, 3.8) is 0 Å².